The molecule has 10 nitrogen and oxygen atoms in total. The number of pyridine rings is 1. The summed E-state index contributed by atoms with van der Waals surface area (Å²) in [7, 11) is 3.08. The zero-order valence-corrected chi connectivity index (χ0v) is 20.3. The van der Waals surface area contributed by atoms with Crippen LogP contribution in [0.2, 0.25) is 5.02 Å². The van der Waals surface area contributed by atoms with Crippen molar-refractivity contribution in [2.24, 2.45) is 7.05 Å². The third kappa shape index (κ3) is 4.27. The molecule has 1 N–H and O–H groups in total. The summed E-state index contributed by atoms with van der Waals surface area (Å²) in [5.41, 5.74) is 0.637. The maximum Gasteiger partial charge on any atom is 0.293 e. The average Bonchev–Trinajstić information content (AvgIpc) is 3.24. The molecule has 3 aromatic heterocycles. The number of anilines is 2. The maximum atomic E-state index is 14.5. The van der Waals surface area contributed by atoms with Crippen molar-refractivity contribution in [3.63, 3.8) is 0 Å². The molecular formula is C24H22ClFN6O4. The van der Waals surface area contributed by atoms with Crippen LogP contribution in [-0.2, 0) is 11.8 Å². The molecular weight excluding hydrogens is 491 g/mol. The van der Waals surface area contributed by atoms with E-state index in [1.165, 1.54) is 37.6 Å². The van der Waals surface area contributed by atoms with Crippen molar-refractivity contribution in [3.05, 3.63) is 69.6 Å². The lowest BCUT2D eigenvalue weighted by Crippen LogP contribution is -2.41. The zero-order valence-electron chi connectivity index (χ0n) is 19.5. The first-order valence-electron chi connectivity index (χ1n) is 11.1. The van der Waals surface area contributed by atoms with E-state index in [0.29, 0.717) is 43.1 Å². The highest BCUT2D eigenvalue weighted by Gasteiger charge is 2.22. The second-order valence-electron chi connectivity index (χ2n) is 8.16. The Morgan fingerprint density at radius 2 is 2.03 bits per heavy atom. The molecule has 1 aliphatic rings. The molecule has 5 rings (SSSR count). The predicted molar refractivity (Wildman–Crippen MR) is 132 cm³/mol. The number of rotatable bonds is 5. The van der Waals surface area contributed by atoms with E-state index in [-0.39, 0.29) is 33.7 Å². The van der Waals surface area contributed by atoms with Gasteiger partial charge in [-0.3, -0.25) is 9.59 Å². The van der Waals surface area contributed by atoms with Gasteiger partial charge < -0.3 is 24.4 Å². The van der Waals surface area contributed by atoms with Crippen LogP contribution in [0.15, 0.2) is 47.5 Å². The van der Waals surface area contributed by atoms with Crippen molar-refractivity contribution in [1.29, 1.82) is 0 Å². The molecule has 1 saturated heterocycles. The van der Waals surface area contributed by atoms with E-state index in [0.717, 1.165) is 4.73 Å². The zero-order chi connectivity index (χ0) is 25.4. The second kappa shape index (κ2) is 9.59. The quantitative estimate of drug-likeness (QED) is 0.438. The largest absolute Gasteiger partial charge is 0.412 e. The lowest BCUT2D eigenvalue weighted by Gasteiger charge is -2.26. The molecule has 36 heavy (non-hydrogen) atoms. The van der Waals surface area contributed by atoms with Gasteiger partial charge in [-0.05, 0) is 24.3 Å². The third-order valence-corrected chi connectivity index (χ3v) is 6.21. The Balaban J connectivity index is 1.49. The van der Waals surface area contributed by atoms with Crippen molar-refractivity contribution < 1.29 is 18.8 Å². The third-order valence-electron chi connectivity index (χ3n) is 5.90. The van der Waals surface area contributed by atoms with Gasteiger partial charge >= 0.3 is 0 Å². The number of amides is 1. The normalized spacial score (nSPS) is 13.7. The number of morpholine rings is 1. The molecule has 0 spiro atoms. The summed E-state index contributed by atoms with van der Waals surface area (Å²) in [6, 6.07) is 7.37. The molecule has 1 aromatic carbocycles. The SMILES string of the molecule is COn1c(=O)c(-c2c(F)cccc2Cl)cc2cnc(Nc3cc(C(=O)N4CCOCC4)n(C)c3)nc21. The van der Waals surface area contributed by atoms with E-state index >= 15 is 0 Å². The van der Waals surface area contributed by atoms with Crippen molar-refractivity contribution in [3.8, 4) is 11.1 Å². The van der Waals surface area contributed by atoms with Crippen LogP contribution in [0.1, 0.15) is 10.5 Å². The number of nitrogens with zero attached hydrogens (tertiary/aromatic N) is 5. The number of halogens is 2. The number of carbonyl (C=O) groups is 1. The fourth-order valence-corrected chi connectivity index (χ4v) is 4.40. The minimum Gasteiger partial charge on any atom is -0.412 e. The van der Waals surface area contributed by atoms with Gasteiger partial charge in [0.25, 0.3) is 11.5 Å². The highest BCUT2D eigenvalue weighted by atomic mass is 35.5. The molecule has 1 amide bonds. The Morgan fingerprint density at radius 1 is 1.25 bits per heavy atom. The molecule has 0 radical (unpaired) electrons. The smallest absolute Gasteiger partial charge is 0.293 e. The monoisotopic (exact) mass is 512 g/mol. The van der Waals surface area contributed by atoms with E-state index in [4.69, 9.17) is 21.2 Å². The highest BCUT2D eigenvalue weighted by molar-refractivity contribution is 6.33. The molecule has 4 aromatic rings. The van der Waals surface area contributed by atoms with Crippen LogP contribution in [0.5, 0.6) is 0 Å². The predicted octanol–water partition coefficient (Wildman–Crippen LogP) is 2.86. The van der Waals surface area contributed by atoms with Crippen LogP contribution in [-0.4, -0.2) is 63.5 Å². The van der Waals surface area contributed by atoms with E-state index in [1.807, 2.05) is 0 Å². The molecule has 1 fully saturated rings. The second-order valence-corrected chi connectivity index (χ2v) is 8.57. The summed E-state index contributed by atoms with van der Waals surface area (Å²) in [5, 5.41) is 3.59. The number of carbonyl (C=O) groups excluding carboxylic acids is 1. The van der Waals surface area contributed by atoms with E-state index in [2.05, 4.69) is 15.3 Å². The summed E-state index contributed by atoms with van der Waals surface area (Å²) in [5.74, 6) is -0.548. The van der Waals surface area contributed by atoms with Gasteiger partial charge in [-0.25, -0.2) is 9.37 Å². The van der Waals surface area contributed by atoms with Crippen LogP contribution >= 0.6 is 11.6 Å². The number of aryl methyl sites for hydroxylation is 1. The van der Waals surface area contributed by atoms with Crippen LogP contribution < -0.4 is 15.7 Å². The van der Waals surface area contributed by atoms with Crippen molar-refractivity contribution in [1.82, 2.24) is 24.2 Å². The average molecular weight is 513 g/mol. The first-order valence-corrected chi connectivity index (χ1v) is 11.5. The standard InChI is InChI=1S/C24H22ClFN6O4/c1-30-13-15(11-19(30)23(34)31-6-8-36-9-7-31)28-24-27-12-14-10-16(20-17(25)4-3-5-18(20)26)22(33)32(35-2)21(14)29-24/h3-5,10-13H,6-9H2,1-2H3,(H,27,28,29). The minimum atomic E-state index is -0.632. The van der Waals surface area contributed by atoms with Gasteiger partial charge in [0.1, 0.15) is 18.6 Å². The number of fused-ring (bicyclic) bond motifs is 1. The molecule has 0 atom stereocenters. The van der Waals surface area contributed by atoms with E-state index in [9.17, 15) is 14.0 Å². The van der Waals surface area contributed by atoms with E-state index < -0.39 is 11.4 Å². The Hall–Kier alpha value is -3.96. The summed E-state index contributed by atoms with van der Waals surface area (Å²) < 4.78 is 22.5. The van der Waals surface area contributed by atoms with Gasteiger partial charge in [0.2, 0.25) is 5.95 Å². The fourth-order valence-electron chi connectivity index (χ4n) is 4.14. The van der Waals surface area contributed by atoms with Crippen LogP contribution in [0.4, 0.5) is 16.0 Å². The van der Waals surface area contributed by atoms with Crippen molar-refractivity contribution in [2.45, 2.75) is 0 Å². The molecule has 0 saturated carbocycles. The molecule has 0 bridgehead atoms. The molecule has 0 unspecified atom stereocenters. The lowest BCUT2D eigenvalue weighted by atomic mass is 10.1. The van der Waals surface area contributed by atoms with Gasteiger partial charge in [-0.1, -0.05) is 17.7 Å². The Bertz CT molecular complexity index is 1510. The lowest BCUT2D eigenvalue weighted by molar-refractivity contribution is 0.0296. The molecule has 186 valence electrons. The van der Waals surface area contributed by atoms with Gasteiger partial charge in [-0.15, -0.1) is 4.73 Å². The number of aromatic nitrogens is 4. The first-order chi connectivity index (χ1) is 17.4. The Kier molecular flexibility index (Phi) is 6.33. The van der Waals surface area contributed by atoms with Crippen LogP contribution in [0.25, 0.3) is 22.2 Å². The van der Waals surface area contributed by atoms with Crippen molar-refractivity contribution in [2.75, 3.05) is 38.7 Å². The first kappa shape index (κ1) is 23.8. The molecule has 0 aliphatic carbocycles. The number of benzene rings is 1. The number of hydrogen-bond acceptors (Lipinski definition) is 7. The number of hydrogen-bond donors (Lipinski definition) is 1. The van der Waals surface area contributed by atoms with E-state index in [1.54, 1.807) is 28.8 Å². The summed E-state index contributed by atoms with van der Waals surface area (Å²) in [6.07, 6.45) is 3.23. The Labute approximate surface area is 209 Å². The fraction of sp³-hybridized carbons (Fsp3) is 0.250. The summed E-state index contributed by atoms with van der Waals surface area (Å²) >= 11 is 6.18. The minimum absolute atomic E-state index is 0.0195. The maximum absolute atomic E-state index is 14.5. The highest BCUT2D eigenvalue weighted by Crippen LogP contribution is 2.30. The van der Waals surface area contributed by atoms with Crippen molar-refractivity contribution >= 4 is 40.2 Å². The molecule has 12 heteroatoms. The molecule has 1 aliphatic heterocycles. The number of ether oxygens (including phenoxy) is 1. The van der Waals surface area contributed by atoms with Crippen LogP contribution in [0.3, 0.4) is 0 Å². The van der Waals surface area contributed by atoms with Gasteiger partial charge in [0, 0.05) is 43.5 Å². The van der Waals surface area contributed by atoms with Gasteiger partial charge in [-0.2, -0.15) is 4.98 Å². The summed E-state index contributed by atoms with van der Waals surface area (Å²) in [4.78, 5) is 41.8. The topological polar surface area (TPSA) is 104 Å². The van der Waals surface area contributed by atoms with Gasteiger partial charge in [0.05, 0.1) is 29.5 Å². The van der Waals surface area contributed by atoms with Crippen LogP contribution in [0, 0.1) is 5.82 Å². The summed E-state index contributed by atoms with van der Waals surface area (Å²) in [6.45, 7) is 2.10. The number of nitrogens with one attached hydrogen (secondary N) is 1. The Morgan fingerprint density at radius 3 is 2.75 bits per heavy atom. The molecule has 4 heterocycles. The van der Waals surface area contributed by atoms with Gasteiger partial charge in [0.15, 0.2) is 5.65 Å².